The third kappa shape index (κ3) is 3.71. The van der Waals surface area contributed by atoms with Gasteiger partial charge >= 0.3 is 0 Å². The van der Waals surface area contributed by atoms with Gasteiger partial charge in [-0.2, -0.15) is 0 Å². The molecule has 1 N–H and O–H groups in total. The van der Waals surface area contributed by atoms with Gasteiger partial charge in [-0.15, -0.1) is 0 Å². The molecule has 0 aliphatic heterocycles. The normalized spacial score (nSPS) is 10.6. The molecule has 1 amide bonds. The average Bonchev–Trinajstić information content (AvgIpc) is 2.39. The third-order valence-electron chi connectivity index (χ3n) is 2.72. The number of aliphatic hydroxyl groups excluding tert-OH is 1. The number of hydrogen-bond donors (Lipinski definition) is 1. The van der Waals surface area contributed by atoms with Crippen molar-refractivity contribution in [3.63, 3.8) is 0 Å². The van der Waals surface area contributed by atoms with E-state index in [-0.39, 0.29) is 31.9 Å². The third-order valence-corrected chi connectivity index (χ3v) is 2.72. The highest BCUT2D eigenvalue weighted by molar-refractivity contribution is 5.95. The van der Waals surface area contributed by atoms with E-state index in [1.54, 1.807) is 0 Å². The summed E-state index contributed by atoms with van der Waals surface area (Å²) in [5.41, 5.74) is -0.398. The van der Waals surface area contributed by atoms with Crippen molar-refractivity contribution >= 4 is 5.91 Å². The Morgan fingerprint density at radius 2 is 2.05 bits per heavy atom. The van der Waals surface area contributed by atoms with Crippen molar-refractivity contribution in [2.75, 3.05) is 33.4 Å². The number of nitrogens with zero attached hydrogens (tertiary/aromatic N) is 1. The van der Waals surface area contributed by atoms with Crippen LogP contribution in [0.3, 0.4) is 0 Å². The molecule has 0 unspecified atom stereocenters. The summed E-state index contributed by atoms with van der Waals surface area (Å²) in [5.74, 6) is -2.57. The van der Waals surface area contributed by atoms with Crippen LogP contribution in [0.5, 0.6) is 0 Å². The zero-order chi connectivity index (χ0) is 14.4. The van der Waals surface area contributed by atoms with Gasteiger partial charge in [0.2, 0.25) is 0 Å². The number of aliphatic hydroxyl groups is 1. The number of benzene rings is 1. The van der Waals surface area contributed by atoms with Gasteiger partial charge in [0.25, 0.3) is 5.91 Å². The van der Waals surface area contributed by atoms with E-state index in [2.05, 4.69) is 0 Å². The monoisotopic (exact) mass is 273 g/mol. The Balaban J connectivity index is 3.05. The maximum absolute atomic E-state index is 13.9. The first-order valence-electron chi connectivity index (χ1n) is 5.86. The summed E-state index contributed by atoms with van der Waals surface area (Å²) >= 11 is 0. The number of hydrogen-bond acceptors (Lipinski definition) is 3. The van der Waals surface area contributed by atoms with Crippen LogP contribution >= 0.6 is 0 Å². The Kier molecular flexibility index (Phi) is 5.85. The Morgan fingerprint density at radius 1 is 1.37 bits per heavy atom. The van der Waals surface area contributed by atoms with Gasteiger partial charge in [0, 0.05) is 20.2 Å². The number of methoxy groups -OCH3 is 1. The standard InChI is InChI=1S/C13H17F2NO3/c1-9-3-4-10(14)11(12(9)15)13(18)16(5-7-17)6-8-19-2/h3-4,17H,5-8H2,1-2H3. The van der Waals surface area contributed by atoms with Crippen molar-refractivity contribution in [2.45, 2.75) is 6.92 Å². The Bertz CT molecular complexity index is 452. The van der Waals surface area contributed by atoms with Gasteiger partial charge in [-0.1, -0.05) is 6.07 Å². The smallest absolute Gasteiger partial charge is 0.259 e. The van der Waals surface area contributed by atoms with Gasteiger partial charge in [-0.3, -0.25) is 4.79 Å². The van der Waals surface area contributed by atoms with Crippen molar-refractivity contribution in [3.05, 3.63) is 34.9 Å². The minimum absolute atomic E-state index is 0.00495. The van der Waals surface area contributed by atoms with Crippen LogP contribution in [0.15, 0.2) is 12.1 Å². The van der Waals surface area contributed by atoms with Crippen LogP contribution in [-0.4, -0.2) is 49.3 Å². The number of amides is 1. The summed E-state index contributed by atoms with van der Waals surface area (Å²) in [6.07, 6.45) is 0. The molecule has 0 aromatic heterocycles. The molecule has 0 radical (unpaired) electrons. The molecule has 0 atom stereocenters. The maximum atomic E-state index is 13.9. The van der Waals surface area contributed by atoms with E-state index >= 15 is 0 Å². The number of rotatable bonds is 6. The molecule has 0 spiro atoms. The summed E-state index contributed by atoms with van der Waals surface area (Å²) in [6.45, 7) is 1.54. The minimum Gasteiger partial charge on any atom is -0.395 e. The van der Waals surface area contributed by atoms with Crippen molar-refractivity contribution < 1.29 is 23.4 Å². The minimum atomic E-state index is -0.909. The van der Waals surface area contributed by atoms with Crippen molar-refractivity contribution in [1.82, 2.24) is 4.90 Å². The van der Waals surface area contributed by atoms with Crippen LogP contribution in [-0.2, 0) is 4.74 Å². The molecule has 19 heavy (non-hydrogen) atoms. The summed E-state index contributed by atoms with van der Waals surface area (Å²) < 4.78 is 32.3. The molecular formula is C13H17F2NO3. The van der Waals surface area contributed by atoms with E-state index in [4.69, 9.17) is 9.84 Å². The molecule has 4 nitrogen and oxygen atoms in total. The molecule has 0 fully saturated rings. The second-order valence-electron chi connectivity index (χ2n) is 4.06. The number of carbonyl (C=O) groups excluding carboxylic acids is 1. The first kappa shape index (κ1) is 15.5. The number of halogens is 2. The predicted octanol–water partition coefficient (Wildman–Crippen LogP) is 1.35. The summed E-state index contributed by atoms with van der Waals surface area (Å²) in [7, 11) is 1.45. The molecule has 0 saturated heterocycles. The highest BCUT2D eigenvalue weighted by atomic mass is 19.1. The van der Waals surface area contributed by atoms with Gasteiger partial charge in [0.15, 0.2) is 0 Å². The highest BCUT2D eigenvalue weighted by Crippen LogP contribution is 2.18. The lowest BCUT2D eigenvalue weighted by Crippen LogP contribution is -2.37. The van der Waals surface area contributed by atoms with Gasteiger partial charge < -0.3 is 14.7 Å². The van der Waals surface area contributed by atoms with Gasteiger partial charge in [-0.05, 0) is 18.6 Å². The molecule has 0 aliphatic rings. The fourth-order valence-electron chi connectivity index (χ4n) is 1.65. The summed E-state index contributed by atoms with van der Waals surface area (Å²) in [6, 6.07) is 2.33. The molecule has 1 rings (SSSR count). The number of aryl methyl sites for hydroxylation is 1. The molecule has 0 heterocycles. The molecule has 0 saturated carbocycles. The van der Waals surface area contributed by atoms with E-state index < -0.39 is 23.1 Å². The fraction of sp³-hybridized carbons (Fsp3) is 0.462. The van der Waals surface area contributed by atoms with Crippen LogP contribution in [0.2, 0.25) is 0 Å². The predicted molar refractivity (Wildman–Crippen MR) is 66.0 cm³/mol. The lowest BCUT2D eigenvalue weighted by molar-refractivity contribution is 0.0647. The van der Waals surface area contributed by atoms with E-state index in [0.29, 0.717) is 0 Å². The van der Waals surface area contributed by atoms with Gasteiger partial charge in [-0.25, -0.2) is 8.78 Å². The van der Waals surface area contributed by atoms with Crippen molar-refractivity contribution in [1.29, 1.82) is 0 Å². The van der Waals surface area contributed by atoms with E-state index in [1.807, 2.05) is 0 Å². The Morgan fingerprint density at radius 3 is 2.63 bits per heavy atom. The van der Waals surface area contributed by atoms with Crippen LogP contribution in [0.4, 0.5) is 8.78 Å². The van der Waals surface area contributed by atoms with Crippen LogP contribution < -0.4 is 0 Å². The lowest BCUT2D eigenvalue weighted by Gasteiger charge is -2.22. The SMILES string of the molecule is COCCN(CCO)C(=O)c1c(F)ccc(C)c1F. The molecule has 0 aliphatic carbocycles. The summed E-state index contributed by atoms with van der Waals surface area (Å²) in [5, 5.41) is 8.90. The van der Waals surface area contributed by atoms with E-state index in [0.717, 1.165) is 11.0 Å². The second-order valence-corrected chi connectivity index (χ2v) is 4.06. The average molecular weight is 273 g/mol. The highest BCUT2D eigenvalue weighted by Gasteiger charge is 2.23. The summed E-state index contributed by atoms with van der Waals surface area (Å²) in [4.78, 5) is 13.3. The van der Waals surface area contributed by atoms with Crippen LogP contribution in [0, 0.1) is 18.6 Å². The van der Waals surface area contributed by atoms with Crippen molar-refractivity contribution in [2.24, 2.45) is 0 Å². The number of carbonyl (C=O) groups is 1. The fourth-order valence-corrected chi connectivity index (χ4v) is 1.65. The molecule has 0 bridgehead atoms. The molecule has 106 valence electrons. The number of ether oxygens (including phenoxy) is 1. The first-order valence-corrected chi connectivity index (χ1v) is 5.86. The zero-order valence-corrected chi connectivity index (χ0v) is 10.9. The quantitative estimate of drug-likeness (QED) is 0.851. The van der Waals surface area contributed by atoms with Gasteiger partial charge in [0.1, 0.15) is 17.2 Å². The second kappa shape index (κ2) is 7.16. The van der Waals surface area contributed by atoms with Crippen LogP contribution in [0.25, 0.3) is 0 Å². The van der Waals surface area contributed by atoms with E-state index in [1.165, 1.54) is 20.1 Å². The largest absolute Gasteiger partial charge is 0.395 e. The van der Waals surface area contributed by atoms with Crippen LogP contribution in [0.1, 0.15) is 15.9 Å². The first-order chi connectivity index (χ1) is 9.02. The Labute approximate surface area is 110 Å². The topological polar surface area (TPSA) is 49.8 Å². The zero-order valence-electron chi connectivity index (χ0n) is 10.9. The Hall–Kier alpha value is -1.53. The lowest BCUT2D eigenvalue weighted by atomic mass is 10.1. The van der Waals surface area contributed by atoms with E-state index in [9.17, 15) is 13.6 Å². The molecule has 1 aromatic carbocycles. The molecular weight excluding hydrogens is 256 g/mol. The van der Waals surface area contributed by atoms with Crippen molar-refractivity contribution in [3.8, 4) is 0 Å². The van der Waals surface area contributed by atoms with Gasteiger partial charge in [0.05, 0.1) is 13.2 Å². The molecule has 6 heteroatoms. The molecule has 1 aromatic rings. The maximum Gasteiger partial charge on any atom is 0.259 e.